The van der Waals surface area contributed by atoms with Gasteiger partial charge in [-0.1, -0.05) is 91.0 Å². The second-order valence-electron chi connectivity index (χ2n) is 6.44. The largest absolute Gasteiger partial charge is 0.390 e. The van der Waals surface area contributed by atoms with Gasteiger partial charge in [-0.05, 0) is 12.0 Å². The molecule has 134 valence electrons. The van der Waals surface area contributed by atoms with Crippen molar-refractivity contribution in [2.45, 2.75) is 25.0 Å². The second-order valence-corrected chi connectivity index (χ2v) is 6.44. The van der Waals surface area contributed by atoms with Crippen LogP contribution in [0.1, 0.15) is 23.1 Å². The molecule has 0 aliphatic rings. The quantitative estimate of drug-likeness (QED) is 0.492. The highest BCUT2D eigenvalue weighted by molar-refractivity contribution is 6.13. The molecule has 0 aliphatic carbocycles. The van der Waals surface area contributed by atoms with Gasteiger partial charge in [0.1, 0.15) is 0 Å². The van der Waals surface area contributed by atoms with Crippen LogP contribution in [0.2, 0.25) is 0 Å². The second kappa shape index (κ2) is 9.52. The Bertz CT molecular complexity index is 854. The van der Waals surface area contributed by atoms with Gasteiger partial charge >= 0.3 is 0 Å². The van der Waals surface area contributed by atoms with E-state index in [0.717, 1.165) is 22.4 Å². The highest BCUT2D eigenvalue weighted by atomic mass is 16.3. The molecule has 2 nitrogen and oxygen atoms in total. The predicted molar refractivity (Wildman–Crippen MR) is 112 cm³/mol. The van der Waals surface area contributed by atoms with Gasteiger partial charge in [0.25, 0.3) is 0 Å². The van der Waals surface area contributed by atoms with E-state index >= 15 is 0 Å². The van der Waals surface area contributed by atoms with Gasteiger partial charge in [-0.25, -0.2) is 0 Å². The number of nitrogens with zero attached hydrogens (tertiary/aromatic N) is 1. The zero-order valence-corrected chi connectivity index (χ0v) is 15.2. The third-order valence-electron chi connectivity index (χ3n) is 4.45. The van der Waals surface area contributed by atoms with Crippen molar-refractivity contribution >= 4 is 5.71 Å². The van der Waals surface area contributed by atoms with Crippen LogP contribution >= 0.6 is 0 Å². The zero-order valence-electron chi connectivity index (χ0n) is 15.2. The van der Waals surface area contributed by atoms with Crippen LogP contribution in [0.15, 0.2) is 96.0 Å². The lowest BCUT2D eigenvalue weighted by atomic mass is 9.97. The van der Waals surface area contributed by atoms with Crippen molar-refractivity contribution < 1.29 is 5.11 Å². The van der Waals surface area contributed by atoms with Crippen molar-refractivity contribution in [2.24, 2.45) is 4.99 Å². The molecule has 0 fully saturated rings. The lowest BCUT2D eigenvalue weighted by molar-refractivity contribution is 0.150. The zero-order chi connectivity index (χ0) is 18.9. The van der Waals surface area contributed by atoms with Gasteiger partial charge in [0.05, 0.1) is 17.9 Å². The lowest BCUT2D eigenvalue weighted by Gasteiger charge is -2.20. The minimum Gasteiger partial charge on any atom is -0.390 e. The van der Waals surface area contributed by atoms with Gasteiger partial charge in [0.15, 0.2) is 0 Å². The van der Waals surface area contributed by atoms with E-state index in [0.29, 0.717) is 6.42 Å². The maximum absolute atomic E-state index is 10.7. The number of benzene rings is 3. The van der Waals surface area contributed by atoms with E-state index in [1.807, 2.05) is 78.9 Å². The van der Waals surface area contributed by atoms with Gasteiger partial charge in [0.2, 0.25) is 0 Å². The maximum Gasteiger partial charge on any atom is 0.0875 e. The summed E-state index contributed by atoms with van der Waals surface area (Å²) in [5, 5.41) is 10.7. The van der Waals surface area contributed by atoms with Crippen LogP contribution in [0, 0.1) is 12.3 Å². The number of aliphatic hydroxyl groups is 1. The molecular formula is C25H23NO. The standard InChI is InChI=1S/C25H23NO/c1-2-12-24(27)23(19-20-13-6-3-7-14-20)26-25(21-15-8-4-9-16-21)22-17-10-5-11-18-22/h1,3-11,13-18,23-24,27H,12,19H2/t23-,24-/m0/s1. The van der Waals surface area contributed by atoms with Crippen molar-refractivity contribution in [1.29, 1.82) is 0 Å². The monoisotopic (exact) mass is 353 g/mol. The SMILES string of the molecule is C#CC[C@H](O)[C@H](Cc1ccccc1)N=C(c1ccccc1)c1ccccc1. The molecular weight excluding hydrogens is 330 g/mol. The normalized spacial score (nSPS) is 12.6. The van der Waals surface area contributed by atoms with Crippen LogP contribution in [0.3, 0.4) is 0 Å². The Morgan fingerprint density at radius 1 is 0.815 bits per heavy atom. The van der Waals surface area contributed by atoms with Gasteiger partial charge in [-0.2, -0.15) is 0 Å². The van der Waals surface area contributed by atoms with Gasteiger partial charge in [0, 0.05) is 17.5 Å². The van der Waals surface area contributed by atoms with Crippen LogP contribution in [0.5, 0.6) is 0 Å². The molecule has 0 bridgehead atoms. The summed E-state index contributed by atoms with van der Waals surface area (Å²) in [4.78, 5) is 5.00. The highest BCUT2D eigenvalue weighted by Gasteiger charge is 2.20. The molecule has 2 heteroatoms. The van der Waals surface area contributed by atoms with Crippen LogP contribution in [-0.2, 0) is 6.42 Å². The van der Waals surface area contributed by atoms with Crippen LogP contribution in [0.25, 0.3) is 0 Å². The molecule has 0 radical (unpaired) electrons. The molecule has 3 aromatic rings. The number of hydrogen-bond donors (Lipinski definition) is 1. The molecule has 3 rings (SSSR count). The fourth-order valence-corrected chi connectivity index (χ4v) is 3.05. The van der Waals surface area contributed by atoms with E-state index in [2.05, 4.69) is 18.1 Å². The van der Waals surface area contributed by atoms with Crippen LogP contribution in [0.4, 0.5) is 0 Å². The first-order chi connectivity index (χ1) is 13.3. The van der Waals surface area contributed by atoms with Crippen molar-refractivity contribution in [3.63, 3.8) is 0 Å². The Morgan fingerprint density at radius 3 is 1.78 bits per heavy atom. The van der Waals surface area contributed by atoms with Crippen molar-refractivity contribution in [3.05, 3.63) is 108 Å². The fraction of sp³-hybridized carbons (Fsp3) is 0.160. The summed E-state index contributed by atoms with van der Waals surface area (Å²) in [5.74, 6) is 2.57. The average Bonchev–Trinajstić information content (AvgIpc) is 2.73. The van der Waals surface area contributed by atoms with Crippen LogP contribution in [-0.4, -0.2) is 23.0 Å². The Labute approximate surface area is 161 Å². The first-order valence-corrected chi connectivity index (χ1v) is 9.12. The molecule has 0 aromatic heterocycles. The Hall–Kier alpha value is -3.15. The first kappa shape index (κ1) is 18.6. The topological polar surface area (TPSA) is 32.6 Å². The minimum atomic E-state index is -0.697. The van der Waals surface area contributed by atoms with Crippen molar-refractivity contribution in [1.82, 2.24) is 0 Å². The summed E-state index contributed by atoms with van der Waals surface area (Å²) < 4.78 is 0. The third kappa shape index (κ3) is 5.17. The summed E-state index contributed by atoms with van der Waals surface area (Å²) in [6.07, 6.45) is 5.67. The lowest BCUT2D eigenvalue weighted by Crippen LogP contribution is -2.28. The molecule has 27 heavy (non-hydrogen) atoms. The Kier molecular flexibility index (Phi) is 6.57. The van der Waals surface area contributed by atoms with E-state index in [-0.39, 0.29) is 12.5 Å². The Morgan fingerprint density at radius 2 is 1.30 bits per heavy atom. The number of hydrogen-bond acceptors (Lipinski definition) is 2. The summed E-state index contributed by atoms with van der Waals surface area (Å²) >= 11 is 0. The minimum absolute atomic E-state index is 0.276. The first-order valence-electron chi connectivity index (χ1n) is 9.12. The fourth-order valence-electron chi connectivity index (χ4n) is 3.05. The molecule has 0 amide bonds. The molecule has 1 N–H and O–H groups in total. The van der Waals surface area contributed by atoms with Gasteiger partial charge < -0.3 is 5.11 Å². The molecule has 0 saturated heterocycles. The average molecular weight is 353 g/mol. The summed E-state index contributed by atoms with van der Waals surface area (Å²) in [5.41, 5.74) is 4.04. The predicted octanol–water partition coefficient (Wildman–Crippen LogP) is 4.52. The molecule has 0 aliphatic heterocycles. The molecule has 2 atom stereocenters. The highest BCUT2D eigenvalue weighted by Crippen LogP contribution is 2.17. The van der Waals surface area contributed by atoms with E-state index in [1.165, 1.54) is 0 Å². The molecule has 3 aromatic carbocycles. The van der Waals surface area contributed by atoms with Crippen LogP contribution < -0.4 is 0 Å². The summed E-state index contributed by atoms with van der Waals surface area (Å²) in [7, 11) is 0. The van der Waals surface area contributed by atoms with E-state index in [1.54, 1.807) is 0 Å². The molecule has 0 unspecified atom stereocenters. The van der Waals surface area contributed by atoms with Crippen molar-refractivity contribution in [3.8, 4) is 12.3 Å². The third-order valence-corrected chi connectivity index (χ3v) is 4.45. The maximum atomic E-state index is 10.7. The molecule has 0 heterocycles. The molecule has 0 spiro atoms. The smallest absolute Gasteiger partial charge is 0.0875 e. The number of rotatable bonds is 7. The molecule has 0 saturated carbocycles. The summed E-state index contributed by atoms with van der Waals surface area (Å²) in [6.45, 7) is 0. The van der Waals surface area contributed by atoms with Gasteiger partial charge in [-0.3, -0.25) is 4.99 Å². The number of aliphatic hydroxyl groups excluding tert-OH is 1. The summed E-state index contributed by atoms with van der Waals surface area (Å²) in [6, 6.07) is 29.9. The van der Waals surface area contributed by atoms with Gasteiger partial charge in [-0.15, -0.1) is 12.3 Å². The Balaban J connectivity index is 2.03. The van der Waals surface area contributed by atoms with E-state index < -0.39 is 6.10 Å². The van der Waals surface area contributed by atoms with E-state index in [9.17, 15) is 5.11 Å². The van der Waals surface area contributed by atoms with E-state index in [4.69, 9.17) is 11.4 Å². The number of terminal acetylenes is 1. The number of aliphatic imine (C=N–C) groups is 1. The van der Waals surface area contributed by atoms with Crippen molar-refractivity contribution in [2.75, 3.05) is 0 Å².